The van der Waals surface area contributed by atoms with Crippen molar-refractivity contribution in [2.24, 2.45) is 10.6 Å². The van der Waals surface area contributed by atoms with Crippen molar-refractivity contribution >= 4 is 17.5 Å². The van der Waals surface area contributed by atoms with Gasteiger partial charge in [0.1, 0.15) is 16.9 Å². The second-order valence-electron chi connectivity index (χ2n) is 6.13. The largest absolute Gasteiger partial charge is 0.347 e. The van der Waals surface area contributed by atoms with E-state index in [0.717, 1.165) is 11.1 Å². The Kier molecular flexibility index (Phi) is 4.56. The molecular weight excluding hydrogens is 302 g/mol. The quantitative estimate of drug-likeness (QED) is 0.765. The molecule has 0 saturated heterocycles. The maximum atomic E-state index is 12.6. The molecule has 4 heteroatoms. The number of hydrogen-bond donors (Lipinski definition) is 0. The first-order valence-corrected chi connectivity index (χ1v) is 8.00. The minimum atomic E-state index is -0.922. The number of oxime groups is 1. The minimum Gasteiger partial charge on any atom is -0.317 e. The van der Waals surface area contributed by atoms with Gasteiger partial charge in [0.2, 0.25) is 0 Å². The van der Waals surface area contributed by atoms with Crippen LogP contribution in [-0.4, -0.2) is 17.5 Å². The van der Waals surface area contributed by atoms with Crippen molar-refractivity contribution in [3.63, 3.8) is 0 Å². The van der Waals surface area contributed by atoms with Crippen molar-refractivity contribution in [3.8, 4) is 0 Å². The third-order valence-corrected chi connectivity index (χ3v) is 4.36. The van der Waals surface area contributed by atoms with Crippen molar-refractivity contribution in [1.29, 1.82) is 0 Å². The summed E-state index contributed by atoms with van der Waals surface area (Å²) in [5.41, 5.74) is 1.55. The number of rotatable bonds is 6. The van der Waals surface area contributed by atoms with Gasteiger partial charge in [0.25, 0.3) is 0 Å². The van der Waals surface area contributed by atoms with Gasteiger partial charge in [-0.25, -0.2) is 4.79 Å². The van der Waals surface area contributed by atoms with Crippen LogP contribution in [0.4, 0.5) is 0 Å². The van der Waals surface area contributed by atoms with Crippen molar-refractivity contribution in [1.82, 2.24) is 0 Å². The van der Waals surface area contributed by atoms with Crippen LogP contribution in [0.2, 0.25) is 0 Å². The molecule has 122 valence electrons. The maximum absolute atomic E-state index is 12.6. The van der Waals surface area contributed by atoms with Gasteiger partial charge in [-0.1, -0.05) is 65.8 Å². The number of hydrogen-bond acceptors (Lipinski definition) is 4. The average Bonchev–Trinajstić information content (AvgIpc) is 2.91. The third kappa shape index (κ3) is 3.13. The molecule has 0 aliphatic carbocycles. The summed E-state index contributed by atoms with van der Waals surface area (Å²) in [5, 5.41) is 4.07. The summed E-state index contributed by atoms with van der Waals surface area (Å²) >= 11 is 0. The van der Waals surface area contributed by atoms with Gasteiger partial charge >= 0.3 is 5.97 Å². The molecule has 0 bridgehead atoms. The van der Waals surface area contributed by atoms with Crippen molar-refractivity contribution < 1.29 is 14.4 Å². The van der Waals surface area contributed by atoms with Gasteiger partial charge in [0.15, 0.2) is 0 Å². The molecule has 0 radical (unpaired) electrons. The molecule has 0 saturated carbocycles. The fourth-order valence-electron chi connectivity index (χ4n) is 3.08. The van der Waals surface area contributed by atoms with Crippen LogP contribution in [0.15, 0.2) is 65.8 Å². The van der Waals surface area contributed by atoms with Gasteiger partial charge in [-0.15, -0.1) is 0 Å². The Morgan fingerprint density at radius 3 is 2.29 bits per heavy atom. The lowest BCUT2D eigenvalue weighted by molar-refractivity contribution is -0.148. The molecular formula is C20H19NO3. The molecule has 1 atom stereocenters. The molecule has 1 heterocycles. The lowest BCUT2D eigenvalue weighted by atomic mass is 9.72. The first kappa shape index (κ1) is 16.1. The molecule has 1 unspecified atom stereocenters. The molecule has 2 aromatic rings. The predicted molar refractivity (Wildman–Crippen MR) is 91.6 cm³/mol. The fraction of sp³-hybridized carbons (Fsp3) is 0.250. The Balaban J connectivity index is 2.02. The van der Waals surface area contributed by atoms with Crippen molar-refractivity contribution in [3.05, 3.63) is 71.8 Å². The smallest absolute Gasteiger partial charge is 0.317 e. The van der Waals surface area contributed by atoms with Crippen LogP contribution in [-0.2, 0) is 20.8 Å². The molecule has 0 aromatic heterocycles. The summed E-state index contributed by atoms with van der Waals surface area (Å²) < 4.78 is 0. The highest BCUT2D eigenvalue weighted by Gasteiger charge is 2.50. The monoisotopic (exact) mass is 321 g/mol. The van der Waals surface area contributed by atoms with Gasteiger partial charge < -0.3 is 9.63 Å². The van der Waals surface area contributed by atoms with Gasteiger partial charge in [0, 0.05) is 12.0 Å². The van der Waals surface area contributed by atoms with E-state index in [9.17, 15) is 9.59 Å². The van der Waals surface area contributed by atoms with E-state index in [4.69, 9.17) is 4.84 Å². The lowest BCUT2D eigenvalue weighted by Gasteiger charge is -2.26. The van der Waals surface area contributed by atoms with Crippen LogP contribution in [0.5, 0.6) is 0 Å². The van der Waals surface area contributed by atoms with E-state index in [1.54, 1.807) is 0 Å². The van der Waals surface area contributed by atoms with Crippen LogP contribution >= 0.6 is 0 Å². The Labute approximate surface area is 141 Å². The minimum absolute atomic E-state index is 0.0505. The van der Waals surface area contributed by atoms with Gasteiger partial charge in [-0.2, -0.15) is 0 Å². The molecule has 1 aliphatic rings. The number of nitrogens with zero attached hydrogens (tertiary/aromatic N) is 1. The van der Waals surface area contributed by atoms with Gasteiger partial charge in [-0.05, 0) is 25.3 Å². The maximum Gasteiger partial charge on any atom is 0.347 e. The third-order valence-electron chi connectivity index (χ3n) is 4.36. The SMILES string of the molecule is CC(=O)CCC1(Cc2ccccc2)C(=O)ON=C1c1ccccc1. The standard InChI is InChI=1S/C20H19NO3/c1-15(22)12-13-20(14-16-8-4-2-5-9-16)18(21-24-19(20)23)17-10-6-3-7-11-17/h2-11H,12-14H2,1H3. The number of ketones is 1. The van der Waals surface area contributed by atoms with Gasteiger partial charge in [0.05, 0.1) is 0 Å². The average molecular weight is 321 g/mol. The molecule has 4 nitrogen and oxygen atoms in total. The van der Waals surface area contributed by atoms with E-state index < -0.39 is 5.41 Å². The number of benzene rings is 2. The lowest BCUT2D eigenvalue weighted by Crippen LogP contribution is -2.38. The summed E-state index contributed by atoms with van der Waals surface area (Å²) in [6, 6.07) is 19.3. The highest BCUT2D eigenvalue weighted by molar-refractivity contribution is 6.18. The molecule has 0 fully saturated rings. The van der Waals surface area contributed by atoms with Crippen LogP contribution in [0.3, 0.4) is 0 Å². The summed E-state index contributed by atoms with van der Waals surface area (Å²) in [4.78, 5) is 29.3. The Hall–Kier alpha value is -2.75. The van der Waals surface area contributed by atoms with E-state index >= 15 is 0 Å². The molecule has 3 rings (SSSR count). The number of carbonyl (C=O) groups excluding carboxylic acids is 2. The Morgan fingerprint density at radius 2 is 1.67 bits per heavy atom. The van der Waals surface area contributed by atoms with Crippen LogP contribution in [0, 0.1) is 5.41 Å². The summed E-state index contributed by atoms with van der Waals surface area (Å²) in [7, 11) is 0. The molecule has 1 aliphatic heterocycles. The summed E-state index contributed by atoms with van der Waals surface area (Å²) in [6.45, 7) is 1.54. The van der Waals surface area contributed by atoms with Crippen molar-refractivity contribution in [2.45, 2.75) is 26.2 Å². The van der Waals surface area contributed by atoms with Crippen LogP contribution in [0.1, 0.15) is 30.9 Å². The molecule has 0 spiro atoms. The Morgan fingerprint density at radius 1 is 1.04 bits per heavy atom. The first-order valence-electron chi connectivity index (χ1n) is 8.00. The normalized spacial score (nSPS) is 19.7. The predicted octanol–water partition coefficient (Wildman–Crippen LogP) is 3.55. The Bertz CT molecular complexity index is 768. The number of carbonyl (C=O) groups is 2. The zero-order chi connectivity index (χ0) is 17.0. The molecule has 24 heavy (non-hydrogen) atoms. The highest BCUT2D eigenvalue weighted by atomic mass is 16.7. The zero-order valence-corrected chi connectivity index (χ0v) is 13.6. The second-order valence-corrected chi connectivity index (χ2v) is 6.13. The summed E-state index contributed by atoms with van der Waals surface area (Å²) in [6.07, 6.45) is 1.17. The van der Waals surface area contributed by atoms with E-state index in [2.05, 4.69) is 5.16 Å². The fourth-order valence-corrected chi connectivity index (χ4v) is 3.08. The molecule has 2 aromatic carbocycles. The van der Waals surface area contributed by atoms with Crippen molar-refractivity contribution in [2.75, 3.05) is 0 Å². The number of Topliss-reactive ketones (excluding diaryl/α,β-unsaturated/α-hetero) is 1. The highest BCUT2D eigenvalue weighted by Crippen LogP contribution is 2.39. The topological polar surface area (TPSA) is 55.7 Å². The molecule has 0 N–H and O–H groups in total. The summed E-state index contributed by atoms with van der Waals surface area (Å²) in [5.74, 6) is -0.332. The first-order chi connectivity index (χ1) is 11.6. The van der Waals surface area contributed by atoms with E-state index in [1.165, 1.54) is 6.92 Å². The van der Waals surface area contributed by atoms with Crippen LogP contribution < -0.4 is 0 Å². The second kappa shape index (κ2) is 6.79. The van der Waals surface area contributed by atoms with E-state index in [1.807, 2.05) is 60.7 Å². The molecule has 0 amide bonds. The zero-order valence-electron chi connectivity index (χ0n) is 13.6. The van der Waals surface area contributed by atoms with Crippen LogP contribution in [0.25, 0.3) is 0 Å². The van der Waals surface area contributed by atoms with E-state index in [0.29, 0.717) is 25.0 Å². The van der Waals surface area contributed by atoms with E-state index in [-0.39, 0.29) is 11.8 Å². The van der Waals surface area contributed by atoms with Gasteiger partial charge in [-0.3, -0.25) is 0 Å².